The van der Waals surface area contributed by atoms with Crippen molar-refractivity contribution in [2.75, 3.05) is 13.1 Å². The Bertz CT molecular complexity index is 631. The molecule has 0 radical (unpaired) electrons. The van der Waals surface area contributed by atoms with Crippen molar-refractivity contribution < 1.29 is 13.2 Å². The first-order chi connectivity index (χ1) is 11.5. The van der Waals surface area contributed by atoms with Gasteiger partial charge in [-0.05, 0) is 43.4 Å². The van der Waals surface area contributed by atoms with E-state index in [0.29, 0.717) is 24.5 Å². The number of carbonyl (C=O) groups excluding carboxylic acids is 1. The highest BCUT2D eigenvalue weighted by molar-refractivity contribution is 7.89. The Hall–Kier alpha value is -1.40. The Morgan fingerprint density at radius 2 is 1.67 bits per heavy atom. The molecule has 1 amide bonds. The van der Waals surface area contributed by atoms with Gasteiger partial charge in [0.15, 0.2) is 0 Å². The number of carbonyl (C=O) groups is 1. The lowest BCUT2D eigenvalue weighted by molar-refractivity contribution is -0.125. The van der Waals surface area contributed by atoms with Gasteiger partial charge in [-0.1, -0.05) is 32.4 Å². The number of nitrogens with one attached hydrogen (secondary N) is 1. The molecule has 0 aromatic heterocycles. The van der Waals surface area contributed by atoms with Crippen molar-refractivity contribution in [3.63, 3.8) is 0 Å². The van der Waals surface area contributed by atoms with E-state index in [1.165, 1.54) is 0 Å². The van der Waals surface area contributed by atoms with Crippen LogP contribution in [0.25, 0.3) is 0 Å². The standard InChI is InChI=1S/C18H28N2O3S/c1-3-16(4-2)18(21)19-14-15-8-10-17(11-9-15)24(22,23)20-12-6-5-7-13-20/h8-11,16H,3-7,12-14H2,1-2H3,(H,19,21). The van der Waals surface area contributed by atoms with Crippen LogP contribution in [0.2, 0.25) is 0 Å². The molecule has 1 saturated heterocycles. The molecule has 0 saturated carbocycles. The number of hydrogen-bond donors (Lipinski definition) is 1. The van der Waals surface area contributed by atoms with Crippen LogP contribution >= 0.6 is 0 Å². The lowest BCUT2D eigenvalue weighted by Gasteiger charge is -2.25. The van der Waals surface area contributed by atoms with E-state index in [9.17, 15) is 13.2 Å². The number of sulfonamides is 1. The van der Waals surface area contributed by atoms with E-state index in [2.05, 4.69) is 5.32 Å². The Labute approximate surface area is 145 Å². The second-order valence-electron chi connectivity index (χ2n) is 6.34. The van der Waals surface area contributed by atoms with Gasteiger partial charge in [-0.25, -0.2) is 8.42 Å². The van der Waals surface area contributed by atoms with Crippen molar-refractivity contribution in [1.82, 2.24) is 9.62 Å². The van der Waals surface area contributed by atoms with Crippen LogP contribution in [0.15, 0.2) is 29.2 Å². The van der Waals surface area contributed by atoms with Crippen molar-refractivity contribution in [2.45, 2.75) is 57.4 Å². The number of piperidine rings is 1. The van der Waals surface area contributed by atoms with Crippen molar-refractivity contribution in [2.24, 2.45) is 5.92 Å². The largest absolute Gasteiger partial charge is 0.352 e. The highest BCUT2D eigenvalue weighted by Gasteiger charge is 2.25. The zero-order chi connectivity index (χ0) is 17.6. The second kappa shape index (κ2) is 8.62. The molecule has 6 heteroatoms. The van der Waals surface area contributed by atoms with Gasteiger partial charge in [-0.15, -0.1) is 0 Å². The summed E-state index contributed by atoms with van der Waals surface area (Å²) in [7, 11) is -3.39. The predicted molar refractivity (Wildman–Crippen MR) is 95.0 cm³/mol. The first-order valence-corrected chi connectivity index (χ1v) is 10.3. The SMILES string of the molecule is CCC(CC)C(=O)NCc1ccc(S(=O)(=O)N2CCCCC2)cc1. The molecule has 1 fully saturated rings. The summed E-state index contributed by atoms with van der Waals surface area (Å²) in [5.74, 6) is 0.105. The smallest absolute Gasteiger partial charge is 0.243 e. The van der Waals surface area contributed by atoms with Crippen LogP contribution in [0.1, 0.15) is 51.5 Å². The lowest BCUT2D eigenvalue weighted by atomic mass is 10.0. The van der Waals surface area contributed by atoms with Gasteiger partial charge in [-0.3, -0.25) is 4.79 Å². The molecule has 1 aliphatic heterocycles. The number of rotatable bonds is 7. The molecule has 1 aliphatic rings. The van der Waals surface area contributed by atoms with E-state index in [1.54, 1.807) is 28.6 Å². The highest BCUT2D eigenvalue weighted by Crippen LogP contribution is 2.20. The summed E-state index contributed by atoms with van der Waals surface area (Å²) in [6, 6.07) is 6.85. The van der Waals surface area contributed by atoms with E-state index < -0.39 is 10.0 Å². The van der Waals surface area contributed by atoms with E-state index in [-0.39, 0.29) is 11.8 Å². The molecule has 0 unspecified atom stereocenters. The van der Waals surface area contributed by atoms with E-state index in [1.807, 2.05) is 13.8 Å². The fraction of sp³-hybridized carbons (Fsp3) is 0.611. The minimum absolute atomic E-state index is 0.0451. The summed E-state index contributed by atoms with van der Waals surface area (Å²) in [6.45, 7) is 5.66. The van der Waals surface area contributed by atoms with Crippen LogP contribution in [0.4, 0.5) is 0 Å². The van der Waals surface area contributed by atoms with E-state index >= 15 is 0 Å². The van der Waals surface area contributed by atoms with Crippen LogP contribution in [0.3, 0.4) is 0 Å². The van der Waals surface area contributed by atoms with E-state index in [0.717, 1.165) is 37.7 Å². The average molecular weight is 353 g/mol. The maximum absolute atomic E-state index is 12.6. The monoisotopic (exact) mass is 352 g/mol. The van der Waals surface area contributed by atoms with Crippen molar-refractivity contribution in [1.29, 1.82) is 0 Å². The summed E-state index contributed by atoms with van der Waals surface area (Å²) in [6.07, 6.45) is 4.62. The first kappa shape index (κ1) is 18.9. The van der Waals surface area contributed by atoms with Gasteiger partial charge < -0.3 is 5.32 Å². The molecule has 1 N–H and O–H groups in total. The normalized spacial score (nSPS) is 16.3. The second-order valence-corrected chi connectivity index (χ2v) is 8.28. The molecule has 24 heavy (non-hydrogen) atoms. The van der Waals surface area contributed by atoms with Crippen molar-refractivity contribution in [3.05, 3.63) is 29.8 Å². The van der Waals surface area contributed by atoms with Crippen molar-refractivity contribution in [3.8, 4) is 0 Å². The summed E-state index contributed by atoms with van der Waals surface area (Å²) in [5, 5.41) is 2.92. The van der Waals surface area contributed by atoms with Crippen LogP contribution in [0.5, 0.6) is 0 Å². The van der Waals surface area contributed by atoms with Crippen molar-refractivity contribution >= 4 is 15.9 Å². The zero-order valence-electron chi connectivity index (χ0n) is 14.6. The van der Waals surface area contributed by atoms with Gasteiger partial charge >= 0.3 is 0 Å². The third-order valence-electron chi connectivity index (χ3n) is 4.70. The number of nitrogens with zero attached hydrogens (tertiary/aromatic N) is 1. The molecule has 134 valence electrons. The Morgan fingerprint density at radius 1 is 1.08 bits per heavy atom. The highest BCUT2D eigenvalue weighted by atomic mass is 32.2. The molecule has 2 rings (SSSR count). The minimum Gasteiger partial charge on any atom is -0.352 e. The molecule has 0 bridgehead atoms. The molecule has 0 atom stereocenters. The summed E-state index contributed by atoms with van der Waals surface area (Å²) < 4.78 is 26.7. The average Bonchev–Trinajstić information content (AvgIpc) is 2.62. The Morgan fingerprint density at radius 3 is 2.21 bits per heavy atom. The Kier molecular flexibility index (Phi) is 6.80. The molecule has 1 heterocycles. The number of hydrogen-bond acceptors (Lipinski definition) is 3. The Balaban J connectivity index is 1.98. The van der Waals surface area contributed by atoms with Gasteiger partial charge in [0, 0.05) is 25.6 Å². The van der Waals surface area contributed by atoms with E-state index in [4.69, 9.17) is 0 Å². The fourth-order valence-corrected chi connectivity index (χ4v) is 4.54. The van der Waals surface area contributed by atoms with Crippen LogP contribution in [0, 0.1) is 5.92 Å². The molecular weight excluding hydrogens is 324 g/mol. The molecule has 0 spiro atoms. The van der Waals surface area contributed by atoms with Gasteiger partial charge in [-0.2, -0.15) is 4.31 Å². The first-order valence-electron chi connectivity index (χ1n) is 8.85. The third-order valence-corrected chi connectivity index (χ3v) is 6.61. The van der Waals surface area contributed by atoms with Gasteiger partial charge in [0.05, 0.1) is 4.90 Å². The number of amides is 1. The maximum atomic E-state index is 12.6. The summed E-state index contributed by atoms with van der Waals surface area (Å²) in [4.78, 5) is 12.3. The zero-order valence-corrected chi connectivity index (χ0v) is 15.4. The minimum atomic E-state index is -3.39. The van der Waals surface area contributed by atoms with Gasteiger partial charge in [0.1, 0.15) is 0 Å². The maximum Gasteiger partial charge on any atom is 0.243 e. The van der Waals surface area contributed by atoms with Gasteiger partial charge in [0.2, 0.25) is 15.9 Å². The summed E-state index contributed by atoms with van der Waals surface area (Å²) >= 11 is 0. The quantitative estimate of drug-likeness (QED) is 0.820. The molecule has 1 aromatic carbocycles. The van der Waals surface area contributed by atoms with Gasteiger partial charge in [0.25, 0.3) is 0 Å². The van der Waals surface area contributed by atoms with Crippen LogP contribution < -0.4 is 5.32 Å². The molecule has 0 aliphatic carbocycles. The molecule has 5 nitrogen and oxygen atoms in total. The molecular formula is C18H28N2O3S. The third kappa shape index (κ3) is 4.57. The molecule has 1 aromatic rings. The summed E-state index contributed by atoms with van der Waals surface area (Å²) in [5.41, 5.74) is 0.909. The number of benzene rings is 1. The fourth-order valence-electron chi connectivity index (χ4n) is 3.03. The predicted octanol–water partition coefficient (Wildman–Crippen LogP) is 2.91. The van der Waals surface area contributed by atoms with Crippen LogP contribution in [-0.4, -0.2) is 31.7 Å². The lowest BCUT2D eigenvalue weighted by Crippen LogP contribution is -2.35. The van der Waals surface area contributed by atoms with Crippen LogP contribution in [-0.2, 0) is 21.4 Å². The topological polar surface area (TPSA) is 66.5 Å².